The maximum Gasteiger partial charge on any atom is 0.286 e. The van der Waals surface area contributed by atoms with E-state index in [1.807, 2.05) is 0 Å². The Morgan fingerprint density at radius 1 is 0.200 bits per heavy atom. The van der Waals surface area contributed by atoms with Crippen LogP contribution in [0.1, 0.15) is 0 Å². The van der Waals surface area contributed by atoms with E-state index in [9.17, 15) is 0 Å². The summed E-state index contributed by atoms with van der Waals surface area (Å²) in [6.07, 6.45) is 0. The lowest BCUT2D eigenvalue weighted by Crippen LogP contribution is -2.23. The fraction of sp³-hybridized carbons (Fsp3) is 0. The van der Waals surface area contributed by atoms with Gasteiger partial charge in [-0.1, -0.05) is 0 Å². The first kappa shape index (κ1) is 19.8. The van der Waals surface area contributed by atoms with E-state index in [1.165, 1.54) is 0 Å². The van der Waals surface area contributed by atoms with Crippen molar-refractivity contribution < 1.29 is 41.2 Å². The Hall–Kier alpha value is 1.77. The van der Waals surface area contributed by atoms with E-state index in [0.29, 0.717) is 0 Å². The lowest BCUT2D eigenvalue weighted by molar-refractivity contribution is 0.349. The summed E-state index contributed by atoms with van der Waals surface area (Å²) in [4.78, 5) is 0. The van der Waals surface area contributed by atoms with Crippen molar-refractivity contribution in [3.63, 3.8) is 0 Å². The quantitative estimate of drug-likeness (QED) is 0.324. The van der Waals surface area contributed by atoms with Crippen LogP contribution in [0.4, 0.5) is 0 Å². The molecule has 20 heavy (non-hydrogen) atoms. The first-order valence-corrected chi connectivity index (χ1v) is 17.3. The molecule has 0 aromatic carbocycles. The maximum absolute atomic E-state index is 5.37. The van der Waals surface area contributed by atoms with Gasteiger partial charge < -0.3 is 41.2 Å². The van der Waals surface area contributed by atoms with Gasteiger partial charge in [-0.3, -0.25) is 0 Å². The highest BCUT2D eigenvalue weighted by Gasteiger charge is 1.98. The van der Waals surface area contributed by atoms with Gasteiger partial charge in [-0.15, -0.1) is 0 Å². The van der Waals surface area contributed by atoms with Gasteiger partial charge in [0.05, 0.1) is 0 Å². The SMILES string of the molecule is O1[SiH2]O[SiH2]O[SiH2]O[SiH2]O[SiH2]O[SiH2]O[SiH2]O[SiH2]O[SiH2]O[SiH2]1. The zero-order valence-corrected chi connectivity index (χ0v) is 25.3. The lowest BCUT2D eigenvalue weighted by atomic mass is 15.7. The van der Waals surface area contributed by atoms with Crippen LogP contribution in [0.5, 0.6) is 0 Å². The molecule has 0 spiro atoms. The van der Waals surface area contributed by atoms with Crippen molar-refractivity contribution in [1.82, 2.24) is 0 Å². The Morgan fingerprint density at radius 2 is 0.300 bits per heavy atom. The van der Waals surface area contributed by atoms with Crippen LogP contribution in [0.2, 0.25) is 0 Å². The third-order valence-corrected chi connectivity index (χ3v) is 15.0. The molecule has 0 aromatic heterocycles. The molecule has 0 atom stereocenters. The van der Waals surface area contributed by atoms with Gasteiger partial charge in [0.25, 0.3) is 100 Å². The van der Waals surface area contributed by atoms with E-state index >= 15 is 0 Å². The van der Waals surface area contributed by atoms with Crippen LogP contribution >= 0.6 is 0 Å². The number of hydrogen-bond donors (Lipinski definition) is 0. The van der Waals surface area contributed by atoms with Crippen molar-refractivity contribution in [3.05, 3.63) is 0 Å². The van der Waals surface area contributed by atoms with E-state index in [0.717, 1.165) is 0 Å². The van der Waals surface area contributed by atoms with Crippen LogP contribution in [0.3, 0.4) is 0 Å². The van der Waals surface area contributed by atoms with Crippen LogP contribution in [-0.2, 0) is 41.2 Å². The summed E-state index contributed by atoms with van der Waals surface area (Å²) in [5.74, 6) is 0. The lowest BCUT2D eigenvalue weighted by Gasteiger charge is -2.10. The predicted molar refractivity (Wildman–Crippen MR) is 96.3 cm³/mol. The monoisotopic (exact) mass is 460 g/mol. The van der Waals surface area contributed by atoms with Crippen molar-refractivity contribution in [2.24, 2.45) is 0 Å². The molecule has 0 amide bonds. The second-order valence-corrected chi connectivity index (χ2v) is 21.9. The highest BCUT2D eigenvalue weighted by molar-refractivity contribution is 6.51. The zero-order chi connectivity index (χ0) is 14.1. The van der Waals surface area contributed by atoms with Gasteiger partial charge >= 0.3 is 0 Å². The third-order valence-electron chi connectivity index (χ3n) is 1.67. The highest BCUT2D eigenvalue weighted by atomic mass is 28.4. The highest BCUT2D eigenvalue weighted by Crippen LogP contribution is 1.80. The zero-order valence-electron chi connectivity index (χ0n) is 11.2. The second kappa shape index (κ2) is 17.1. The predicted octanol–water partition coefficient (Wildman–Crippen LogP) is -9.85. The van der Waals surface area contributed by atoms with Gasteiger partial charge in [-0.05, 0) is 0 Å². The molecule has 0 aliphatic carbocycles. The minimum atomic E-state index is -0.926. The molecule has 0 unspecified atom stereocenters. The molecule has 0 aromatic rings. The summed E-state index contributed by atoms with van der Waals surface area (Å²) in [7, 11) is -9.26. The molecular weight excluding hydrogens is 441 g/mol. The average molecular weight is 461 g/mol. The minimum Gasteiger partial charge on any atom is -0.425 e. The Bertz CT molecular complexity index is 106. The number of hydrogen-bond acceptors (Lipinski definition) is 10. The molecule has 0 bridgehead atoms. The molecule has 0 radical (unpaired) electrons. The molecule has 0 N–H and O–H groups in total. The van der Waals surface area contributed by atoms with Crippen molar-refractivity contribution in [3.8, 4) is 0 Å². The van der Waals surface area contributed by atoms with E-state index in [2.05, 4.69) is 0 Å². The third kappa shape index (κ3) is 14.7. The van der Waals surface area contributed by atoms with E-state index in [-0.39, 0.29) is 0 Å². The van der Waals surface area contributed by atoms with Gasteiger partial charge in [0.1, 0.15) is 0 Å². The molecular formula is H20O10Si10. The summed E-state index contributed by atoms with van der Waals surface area (Å²) >= 11 is 0. The smallest absolute Gasteiger partial charge is 0.286 e. The van der Waals surface area contributed by atoms with Crippen molar-refractivity contribution in [2.45, 2.75) is 0 Å². The fourth-order valence-electron chi connectivity index (χ4n) is 0.929. The Balaban J connectivity index is 2.00. The molecule has 1 aliphatic heterocycles. The minimum absolute atomic E-state index is 0.926. The second-order valence-electron chi connectivity index (χ2n) is 3.22. The summed E-state index contributed by atoms with van der Waals surface area (Å²) in [6, 6.07) is 0. The molecule has 20 heteroatoms. The van der Waals surface area contributed by atoms with Gasteiger partial charge in [0, 0.05) is 0 Å². The maximum atomic E-state index is 5.37. The van der Waals surface area contributed by atoms with Crippen molar-refractivity contribution >= 4 is 100 Å². The van der Waals surface area contributed by atoms with Crippen LogP contribution in [0.25, 0.3) is 0 Å². The first-order chi connectivity index (χ1) is 10.0. The van der Waals surface area contributed by atoms with Gasteiger partial charge in [0.15, 0.2) is 0 Å². The molecule has 10 nitrogen and oxygen atoms in total. The standard InChI is InChI=1S/H20O10Si10/c1-11-2-13-4-15-6-17-8-19-10-20-9-18-7-16-5-14-3-12-1/h11-20H2. The summed E-state index contributed by atoms with van der Waals surface area (Å²) < 4.78 is 53.7. The largest absolute Gasteiger partial charge is 0.425 e. The van der Waals surface area contributed by atoms with Crippen LogP contribution in [0, 0.1) is 0 Å². The van der Waals surface area contributed by atoms with Gasteiger partial charge in [-0.25, -0.2) is 0 Å². The van der Waals surface area contributed by atoms with Crippen LogP contribution in [0.15, 0.2) is 0 Å². The van der Waals surface area contributed by atoms with Gasteiger partial charge in [-0.2, -0.15) is 0 Å². The Labute approximate surface area is 141 Å². The molecule has 120 valence electrons. The Kier molecular flexibility index (Phi) is 17.0. The number of rotatable bonds is 0. The molecule has 1 rings (SSSR count). The van der Waals surface area contributed by atoms with E-state index in [1.54, 1.807) is 0 Å². The first-order valence-electron chi connectivity index (χ1n) is 5.77. The fourth-order valence-corrected chi connectivity index (χ4v) is 19.0. The summed E-state index contributed by atoms with van der Waals surface area (Å²) in [5, 5.41) is 0. The summed E-state index contributed by atoms with van der Waals surface area (Å²) in [6.45, 7) is 0. The van der Waals surface area contributed by atoms with Crippen LogP contribution < -0.4 is 0 Å². The normalized spacial score (nSPS) is 36.0. The van der Waals surface area contributed by atoms with Crippen molar-refractivity contribution in [2.75, 3.05) is 0 Å². The van der Waals surface area contributed by atoms with Crippen molar-refractivity contribution in [1.29, 1.82) is 0 Å². The van der Waals surface area contributed by atoms with E-state index < -0.39 is 100 Å². The summed E-state index contributed by atoms with van der Waals surface area (Å²) in [5.41, 5.74) is 0. The topological polar surface area (TPSA) is 92.3 Å². The van der Waals surface area contributed by atoms with Crippen LogP contribution in [-0.4, -0.2) is 100 Å². The average Bonchev–Trinajstić information content (AvgIpc) is 2.46. The molecule has 0 saturated carbocycles. The molecule has 1 heterocycles. The molecule has 1 aliphatic rings. The van der Waals surface area contributed by atoms with E-state index in [4.69, 9.17) is 41.2 Å². The van der Waals surface area contributed by atoms with Gasteiger partial charge in [0.2, 0.25) is 0 Å². The Morgan fingerprint density at radius 3 is 0.400 bits per heavy atom. The molecule has 1 saturated heterocycles. The molecule has 1 fully saturated rings.